The fourth-order valence-electron chi connectivity index (χ4n) is 3.31. The van der Waals surface area contributed by atoms with Crippen molar-refractivity contribution in [3.63, 3.8) is 0 Å². The van der Waals surface area contributed by atoms with Gasteiger partial charge in [0, 0.05) is 18.8 Å². The number of likely N-dealkylation sites (tertiary alicyclic amines) is 1. The molecule has 2 N–H and O–H groups in total. The van der Waals surface area contributed by atoms with E-state index in [0.717, 1.165) is 17.3 Å². The predicted molar refractivity (Wildman–Crippen MR) is 100 cm³/mol. The van der Waals surface area contributed by atoms with Crippen LogP contribution in [0.2, 0.25) is 0 Å². The number of carbonyl (C=O) groups excluding carboxylic acids is 3. The van der Waals surface area contributed by atoms with Gasteiger partial charge < -0.3 is 15.3 Å². The first-order chi connectivity index (χ1) is 12.8. The zero-order valence-electron chi connectivity index (χ0n) is 14.9. The van der Waals surface area contributed by atoms with Crippen LogP contribution in [0.15, 0.2) is 24.3 Å². The van der Waals surface area contributed by atoms with Gasteiger partial charge >= 0.3 is 12.0 Å². The molecule has 9 heteroatoms. The summed E-state index contributed by atoms with van der Waals surface area (Å²) >= 11 is 0.996. The van der Waals surface area contributed by atoms with Crippen molar-refractivity contribution < 1.29 is 24.3 Å². The first kappa shape index (κ1) is 19.2. The third-order valence-corrected chi connectivity index (χ3v) is 5.54. The van der Waals surface area contributed by atoms with Gasteiger partial charge in [-0.2, -0.15) is 0 Å². The van der Waals surface area contributed by atoms with Gasteiger partial charge in [0.1, 0.15) is 0 Å². The summed E-state index contributed by atoms with van der Waals surface area (Å²) in [6, 6.07) is 6.57. The minimum absolute atomic E-state index is 0.126. The Balaban J connectivity index is 1.59. The summed E-state index contributed by atoms with van der Waals surface area (Å²) in [5.74, 6) is -1.32. The van der Waals surface area contributed by atoms with Crippen molar-refractivity contribution in [2.75, 3.05) is 24.2 Å². The maximum atomic E-state index is 12.5. The summed E-state index contributed by atoms with van der Waals surface area (Å²) in [6.45, 7) is 2.86. The van der Waals surface area contributed by atoms with Crippen molar-refractivity contribution in [2.45, 2.75) is 19.9 Å². The quantitative estimate of drug-likeness (QED) is 0.816. The minimum Gasteiger partial charge on any atom is -0.481 e. The number of carboxylic acid groups (broad SMARTS) is 1. The average molecular weight is 391 g/mol. The molecule has 0 radical (unpaired) electrons. The molecular formula is C18H21N3O5S. The lowest BCUT2D eigenvalue weighted by atomic mass is 9.91. The van der Waals surface area contributed by atoms with Gasteiger partial charge in [-0.05, 0) is 30.0 Å². The van der Waals surface area contributed by atoms with Gasteiger partial charge in [-0.25, -0.2) is 4.79 Å². The number of hydrogen-bond acceptors (Lipinski definition) is 5. The number of anilines is 1. The topological polar surface area (TPSA) is 107 Å². The molecule has 2 unspecified atom stereocenters. The monoisotopic (exact) mass is 391 g/mol. The number of carbonyl (C=O) groups is 4. The van der Waals surface area contributed by atoms with Gasteiger partial charge in [0.05, 0.1) is 18.2 Å². The van der Waals surface area contributed by atoms with Crippen LogP contribution in [0, 0.1) is 11.8 Å². The van der Waals surface area contributed by atoms with E-state index in [-0.39, 0.29) is 41.9 Å². The van der Waals surface area contributed by atoms with Crippen molar-refractivity contribution in [1.82, 2.24) is 9.80 Å². The lowest BCUT2D eigenvalue weighted by Gasteiger charge is -2.34. The second-order valence-electron chi connectivity index (χ2n) is 6.94. The average Bonchev–Trinajstić information content (AvgIpc) is 2.94. The second kappa shape index (κ2) is 7.99. The Bertz CT molecular complexity index is 751. The van der Waals surface area contributed by atoms with E-state index < -0.39 is 11.9 Å². The Morgan fingerprint density at radius 2 is 1.93 bits per heavy atom. The third kappa shape index (κ3) is 4.60. The number of amides is 4. The molecule has 0 aliphatic carbocycles. The molecule has 2 fully saturated rings. The van der Waals surface area contributed by atoms with Crippen LogP contribution in [0.5, 0.6) is 0 Å². The van der Waals surface area contributed by atoms with E-state index >= 15 is 0 Å². The van der Waals surface area contributed by atoms with Gasteiger partial charge in [-0.1, -0.05) is 30.8 Å². The van der Waals surface area contributed by atoms with Crippen LogP contribution in [0.25, 0.3) is 0 Å². The molecule has 1 aromatic rings. The van der Waals surface area contributed by atoms with Crippen molar-refractivity contribution in [2.24, 2.45) is 11.8 Å². The molecule has 27 heavy (non-hydrogen) atoms. The minimum atomic E-state index is -0.882. The van der Waals surface area contributed by atoms with E-state index in [0.29, 0.717) is 18.7 Å². The highest BCUT2D eigenvalue weighted by Crippen LogP contribution is 2.24. The van der Waals surface area contributed by atoms with E-state index in [2.05, 4.69) is 5.32 Å². The molecule has 2 aliphatic rings. The van der Waals surface area contributed by atoms with E-state index in [4.69, 9.17) is 0 Å². The molecule has 8 nitrogen and oxygen atoms in total. The fourth-order valence-corrected chi connectivity index (χ4v) is 4.03. The first-order valence-corrected chi connectivity index (χ1v) is 9.67. The zero-order valence-corrected chi connectivity index (χ0v) is 15.7. The number of piperidine rings is 1. The predicted octanol–water partition coefficient (Wildman–Crippen LogP) is 2.46. The summed E-state index contributed by atoms with van der Waals surface area (Å²) in [5, 5.41) is 11.7. The number of benzene rings is 1. The van der Waals surface area contributed by atoms with Gasteiger partial charge in [0.2, 0.25) is 5.91 Å². The number of aliphatic carboxylic acids is 1. The summed E-state index contributed by atoms with van der Waals surface area (Å²) in [4.78, 5) is 49.7. The standard InChI is InChI=1S/C18H21N3O5S/c1-11-6-13(16(23)24)9-20(7-11)17(25)19-14-4-2-12(3-5-14)8-21-15(22)10-27-18(21)26/h2-5,11,13H,6-10H2,1H3,(H,19,25)(H,23,24). The lowest BCUT2D eigenvalue weighted by Crippen LogP contribution is -2.47. The zero-order chi connectivity index (χ0) is 19.6. The van der Waals surface area contributed by atoms with Gasteiger partial charge in [0.15, 0.2) is 0 Å². The Labute approximate surface area is 160 Å². The number of nitrogens with zero attached hydrogens (tertiary/aromatic N) is 2. The number of hydrogen-bond donors (Lipinski definition) is 2. The number of rotatable bonds is 4. The molecule has 1 aromatic carbocycles. The number of nitrogens with one attached hydrogen (secondary N) is 1. The second-order valence-corrected chi connectivity index (χ2v) is 7.87. The molecular weight excluding hydrogens is 370 g/mol. The van der Waals surface area contributed by atoms with E-state index in [9.17, 15) is 24.3 Å². The molecule has 2 atom stereocenters. The van der Waals surface area contributed by atoms with E-state index in [1.54, 1.807) is 24.3 Å². The highest BCUT2D eigenvalue weighted by molar-refractivity contribution is 8.14. The molecule has 0 spiro atoms. The van der Waals surface area contributed by atoms with E-state index in [1.165, 1.54) is 9.80 Å². The van der Waals surface area contributed by atoms with E-state index in [1.807, 2.05) is 6.92 Å². The van der Waals surface area contributed by atoms with Crippen LogP contribution in [-0.4, -0.2) is 56.9 Å². The van der Waals surface area contributed by atoms with Crippen LogP contribution in [-0.2, 0) is 16.1 Å². The molecule has 3 rings (SSSR count). The SMILES string of the molecule is CC1CC(C(=O)O)CN(C(=O)Nc2ccc(CN3C(=O)CSC3=O)cc2)C1. The van der Waals surface area contributed by atoms with Crippen molar-refractivity contribution >= 4 is 40.6 Å². The maximum absolute atomic E-state index is 12.5. The van der Waals surface area contributed by atoms with Crippen molar-refractivity contribution in [3.8, 4) is 0 Å². The van der Waals surface area contributed by atoms with Crippen LogP contribution in [0.3, 0.4) is 0 Å². The van der Waals surface area contributed by atoms with Gasteiger partial charge in [0.25, 0.3) is 5.24 Å². The molecule has 2 aliphatic heterocycles. The summed E-state index contributed by atoms with van der Waals surface area (Å²) in [7, 11) is 0. The van der Waals surface area contributed by atoms with Crippen LogP contribution >= 0.6 is 11.8 Å². The smallest absolute Gasteiger partial charge is 0.321 e. The fraction of sp³-hybridized carbons (Fsp3) is 0.444. The Kier molecular flexibility index (Phi) is 5.69. The van der Waals surface area contributed by atoms with Gasteiger partial charge in [-0.15, -0.1) is 0 Å². The summed E-state index contributed by atoms with van der Waals surface area (Å²) in [5.41, 5.74) is 1.36. The number of thioether (sulfide) groups is 1. The highest BCUT2D eigenvalue weighted by atomic mass is 32.2. The van der Waals surface area contributed by atoms with Crippen LogP contribution < -0.4 is 5.32 Å². The van der Waals surface area contributed by atoms with Crippen LogP contribution in [0.4, 0.5) is 15.3 Å². The molecule has 0 bridgehead atoms. The number of urea groups is 1. The molecule has 0 saturated carbocycles. The number of imide groups is 1. The lowest BCUT2D eigenvalue weighted by molar-refractivity contribution is -0.143. The van der Waals surface area contributed by atoms with Crippen molar-refractivity contribution in [3.05, 3.63) is 29.8 Å². The number of carboxylic acids is 1. The largest absolute Gasteiger partial charge is 0.481 e. The molecule has 4 amide bonds. The molecule has 0 aromatic heterocycles. The molecule has 2 heterocycles. The van der Waals surface area contributed by atoms with Crippen molar-refractivity contribution in [1.29, 1.82) is 0 Å². The third-order valence-electron chi connectivity index (χ3n) is 4.68. The Morgan fingerprint density at radius 3 is 2.52 bits per heavy atom. The Morgan fingerprint density at radius 1 is 1.22 bits per heavy atom. The first-order valence-electron chi connectivity index (χ1n) is 8.68. The Hall–Kier alpha value is -2.55. The maximum Gasteiger partial charge on any atom is 0.321 e. The normalized spacial score (nSPS) is 22.9. The van der Waals surface area contributed by atoms with Gasteiger partial charge in [-0.3, -0.25) is 19.3 Å². The molecule has 144 valence electrons. The summed E-state index contributed by atoms with van der Waals surface area (Å²) in [6.07, 6.45) is 0.569. The highest BCUT2D eigenvalue weighted by Gasteiger charge is 2.32. The molecule has 2 saturated heterocycles. The van der Waals surface area contributed by atoms with Crippen LogP contribution in [0.1, 0.15) is 18.9 Å². The summed E-state index contributed by atoms with van der Waals surface area (Å²) < 4.78 is 0.